The third kappa shape index (κ3) is 5.16. The molecule has 0 aliphatic carbocycles. The van der Waals surface area contributed by atoms with Gasteiger partial charge in [0.25, 0.3) is 0 Å². The lowest BCUT2D eigenvalue weighted by Crippen LogP contribution is -2.04. The summed E-state index contributed by atoms with van der Waals surface area (Å²) in [7, 11) is -0.251. The van der Waals surface area contributed by atoms with E-state index in [9.17, 15) is 4.57 Å². The summed E-state index contributed by atoms with van der Waals surface area (Å²) >= 11 is 6.48. The molecular weight excluding hydrogens is 259 g/mol. The van der Waals surface area contributed by atoms with Crippen molar-refractivity contribution in [3.8, 4) is 0 Å². The van der Waals surface area contributed by atoms with Gasteiger partial charge in [0, 0.05) is 10.2 Å². The normalized spacial score (nSPS) is 14.2. The van der Waals surface area contributed by atoms with E-state index in [1.165, 1.54) is 0 Å². The van der Waals surface area contributed by atoms with Crippen LogP contribution in [0.5, 0.6) is 0 Å². The lowest BCUT2D eigenvalue weighted by molar-refractivity contribution is 0.350. The fourth-order valence-corrected chi connectivity index (χ4v) is 0.920. The first-order valence-electron chi connectivity index (χ1n) is 1.96. The maximum absolute atomic E-state index is 9.66. The molecule has 1 unspecified atom stereocenters. The Morgan fingerprint density at radius 3 is 2.75 bits per heavy atom. The quantitative estimate of drug-likeness (QED) is 0.575. The maximum atomic E-state index is 9.66. The van der Waals surface area contributed by atoms with E-state index < -0.39 is 0 Å². The summed E-state index contributed by atoms with van der Waals surface area (Å²) in [5.74, 6) is 0. The van der Waals surface area contributed by atoms with Gasteiger partial charge in [-0.05, 0) is 0 Å². The highest BCUT2D eigenvalue weighted by atomic mass is 79.9. The van der Waals surface area contributed by atoms with Crippen LogP contribution in [0.25, 0.3) is 0 Å². The third-order valence-electron chi connectivity index (χ3n) is 0.476. The van der Waals surface area contributed by atoms with Crippen LogP contribution >= 0.6 is 40.5 Å². The molecule has 0 heterocycles. The van der Waals surface area contributed by atoms with Crippen molar-refractivity contribution in [2.45, 2.75) is 4.83 Å². The van der Waals surface area contributed by atoms with E-state index in [-0.39, 0.29) is 13.5 Å². The van der Waals surface area contributed by atoms with E-state index in [1.807, 2.05) is 0 Å². The van der Waals surface area contributed by atoms with Crippen LogP contribution in [0.3, 0.4) is 0 Å². The monoisotopic (exact) mass is 262 g/mol. The Morgan fingerprint density at radius 1 is 1.75 bits per heavy atom. The standard InChI is InChI=1S/C3H5Br2O2P/c4-1-3(5)2-7-8-6/h3H,1-2H2. The van der Waals surface area contributed by atoms with Crippen LogP contribution in [0.15, 0.2) is 0 Å². The second-order valence-electron chi connectivity index (χ2n) is 1.12. The van der Waals surface area contributed by atoms with E-state index >= 15 is 0 Å². The molecular formula is C3H5Br2O2P. The Bertz CT molecular complexity index is 70.3. The zero-order valence-corrected chi connectivity index (χ0v) is 8.08. The van der Waals surface area contributed by atoms with Crippen LogP contribution in [-0.2, 0) is 9.09 Å². The second kappa shape index (κ2) is 6.14. The minimum Gasteiger partial charge on any atom is -0.293 e. The molecule has 0 bridgehead atoms. The predicted octanol–water partition coefficient (Wildman–Crippen LogP) is 2.37. The third-order valence-corrected chi connectivity index (χ3v) is 2.97. The minimum absolute atomic E-state index is 0.251. The molecule has 8 heavy (non-hydrogen) atoms. The van der Waals surface area contributed by atoms with Crippen molar-refractivity contribution in [2.75, 3.05) is 11.9 Å². The number of hydrogen-bond donors (Lipinski definition) is 0. The van der Waals surface area contributed by atoms with Gasteiger partial charge in [0.1, 0.15) is 0 Å². The first kappa shape index (κ1) is 9.02. The summed E-state index contributed by atoms with van der Waals surface area (Å²) in [6.45, 7) is 0.469. The van der Waals surface area contributed by atoms with Gasteiger partial charge in [-0.2, -0.15) is 0 Å². The van der Waals surface area contributed by atoms with E-state index in [1.54, 1.807) is 0 Å². The summed E-state index contributed by atoms with van der Waals surface area (Å²) < 4.78 is 14.2. The molecule has 0 amide bonds. The van der Waals surface area contributed by atoms with Crippen LogP contribution in [-0.4, -0.2) is 16.8 Å². The number of halogens is 2. The number of alkyl halides is 2. The lowest BCUT2D eigenvalue weighted by atomic mass is 10.5. The molecule has 0 aliphatic rings. The molecule has 0 N–H and O–H groups in total. The van der Waals surface area contributed by atoms with Crippen LogP contribution in [0.1, 0.15) is 0 Å². The molecule has 0 saturated carbocycles. The topological polar surface area (TPSA) is 26.3 Å². The second-order valence-corrected chi connectivity index (χ2v) is 3.47. The van der Waals surface area contributed by atoms with Gasteiger partial charge in [-0.25, -0.2) is 4.57 Å². The Labute approximate surface area is 66.5 Å². The highest BCUT2D eigenvalue weighted by Crippen LogP contribution is 2.06. The van der Waals surface area contributed by atoms with Gasteiger partial charge in [-0.3, -0.25) is 4.52 Å². The van der Waals surface area contributed by atoms with Gasteiger partial charge < -0.3 is 0 Å². The first-order valence-corrected chi connectivity index (χ1v) is 4.72. The minimum atomic E-state index is -0.251. The molecule has 2 nitrogen and oxygen atoms in total. The summed E-state index contributed by atoms with van der Waals surface area (Å²) in [5.41, 5.74) is 0. The number of hydrogen-bond acceptors (Lipinski definition) is 2. The molecule has 0 aromatic rings. The molecule has 0 fully saturated rings. The van der Waals surface area contributed by atoms with Crippen molar-refractivity contribution < 1.29 is 9.09 Å². The van der Waals surface area contributed by atoms with Gasteiger partial charge in [0.2, 0.25) is 0 Å². The zero-order chi connectivity index (χ0) is 6.41. The van der Waals surface area contributed by atoms with Gasteiger partial charge in [-0.15, -0.1) is 0 Å². The molecule has 0 spiro atoms. The van der Waals surface area contributed by atoms with Crippen molar-refractivity contribution in [3.63, 3.8) is 0 Å². The summed E-state index contributed by atoms with van der Waals surface area (Å²) in [6, 6.07) is 0. The molecule has 0 aromatic carbocycles. The van der Waals surface area contributed by atoms with Crippen molar-refractivity contribution in [3.05, 3.63) is 0 Å². The molecule has 48 valence electrons. The average Bonchev–Trinajstić information content (AvgIpc) is 1.83. The molecule has 0 aliphatic heterocycles. The molecule has 0 saturated heterocycles. The lowest BCUT2D eigenvalue weighted by Gasteiger charge is -1.98. The molecule has 5 heteroatoms. The smallest absolute Gasteiger partial charge is 0.293 e. The van der Waals surface area contributed by atoms with Crippen LogP contribution in [0.2, 0.25) is 0 Å². The molecule has 0 rings (SSSR count). The van der Waals surface area contributed by atoms with E-state index in [0.29, 0.717) is 6.61 Å². The van der Waals surface area contributed by atoms with Crippen LogP contribution in [0.4, 0.5) is 0 Å². The molecule has 0 radical (unpaired) electrons. The SMILES string of the molecule is O=POCC(Br)CBr. The Hall–Kier alpha value is 1.02. The fraction of sp³-hybridized carbons (Fsp3) is 1.00. The van der Waals surface area contributed by atoms with E-state index in [4.69, 9.17) is 0 Å². The Kier molecular flexibility index (Phi) is 6.93. The largest absolute Gasteiger partial charge is 0.327 e. The zero-order valence-electron chi connectivity index (χ0n) is 4.01. The van der Waals surface area contributed by atoms with E-state index in [2.05, 4.69) is 36.4 Å². The van der Waals surface area contributed by atoms with Gasteiger partial charge in [-0.1, -0.05) is 31.9 Å². The van der Waals surface area contributed by atoms with E-state index in [0.717, 1.165) is 5.33 Å². The molecule has 1 atom stereocenters. The van der Waals surface area contributed by atoms with Gasteiger partial charge >= 0.3 is 8.69 Å². The predicted molar refractivity (Wildman–Crippen MR) is 40.1 cm³/mol. The molecule has 0 aromatic heterocycles. The fourth-order valence-electron chi connectivity index (χ4n) is 0.156. The van der Waals surface area contributed by atoms with Crippen molar-refractivity contribution in [1.82, 2.24) is 0 Å². The van der Waals surface area contributed by atoms with Crippen molar-refractivity contribution >= 4 is 40.5 Å². The highest BCUT2D eigenvalue weighted by molar-refractivity contribution is 9.12. The van der Waals surface area contributed by atoms with Crippen molar-refractivity contribution in [1.29, 1.82) is 0 Å². The summed E-state index contributed by atoms with van der Waals surface area (Å²) in [6.07, 6.45) is 0. The van der Waals surface area contributed by atoms with Gasteiger partial charge in [0.05, 0.1) is 6.61 Å². The van der Waals surface area contributed by atoms with Crippen LogP contribution in [0, 0.1) is 0 Å². The number of rotatable bonds is 4. The van der Waals surface area contributed by atoms with Gasteiger partial charge in [0.15, 0.2) is 0 Å². The first-order chi connectivity index (χ1) is 3.81. The Balaban J connectivity index is 2.97. The van der Waals surface area contributed by atoms with Crippen molar-refractivity contribution in [2.24, 2.45) is 0 Å². The summed E-state index contributed by atoms with van der Waals surface area (Å²) in [5, 5.41) is 0.808. The highest BCUT2D eigenvalue weighted by Gasteiger charge is 1.99. The Morgan fingerprint density at radius 2 is 2.38 bits per heavy atom. The average molecular weight is 264 g/mol. The summed E-state index contributed by atoms with van der Waals surface area (Å²) in [4.78, 5) is 0.254. The van der Waals surface area contributed by atoms with Crippen LogP contribution < -0.4 is 0 Å². The maximum Gasteiger partial charge on any atom is 0.327 e.